The first-order chi connectivity index (χ1) is 9.17. The molecule has 0 radical (unpaired) electrons. The van der Waals surface area contributed by atoms with Crippen LogP contribution in [0.15, 0.2) is 22.7 Å². The molecule has 0 saturated heterocycles. The van der Waals surface area contributed by atoms with Crippen molar-refractivity contribution in [3.8, 4) is 5.88 Å². The van der Waals surface area contributed by atoms with Crippen molar-refractivity contribution < 1.29 is 14.6 Å². The lowest BCUT2D eigenvalue weighted by Crippen LogP contribution is -1.96. The molecule has 0 amide bonds. The van der Waals surface area contributed by atoms with Gasteiger partial charge < -0.3 is 15.2 Å². The van der Waals surface area contributed by atoms with Gasteiger partial charge in [-0.25, -0.2) is 4.98 Å². The smallest absolute Gasteiger partial charge is 0.313 e. The highest BCUT2D eigenvalue weighted by Gasteiger charge is 2.07. The predicted molar refractivity (Wildman–Crippen MR) is 72.3 cm³/mol. The number of carboxylic acids is 1. The van der Waals surface area contributed by atoms with E-state index in [1.54, 1.807) is 25.4 Å². The fourth-order valence-corrected chi connectivity index (χ4v) is 2.63. The Morgan fingerprint density at radius 3 is 3.00 bits per heavy atom. The second kappa shape index (κ2) is 6.34. The summed E-state index contributed by atoms with van der Waals surface area (Å²) in [5.41, 5.74) is 0.756. The highest BCUT2D eigenvalue weighted by Crippen LogP contribution is 2.27. The van der Waals surface area contributed by atoms with Crippen molar-refractivity contribution in [2.45, 2.75) is 4.34 Å². The van der Waals surface area contributed by atoms with Gasteiger partial charge in [0, 0.05) is 6.07 Å². The molecular formula is C10H10N4O3S2. The second-order valence-corrected chi connectivity index (χ2v) is 5.47. The van der Waals surface area contributed by atoms with E-state index in [4.69, 9.17) is 9.84 Å². The minimum atomic E-state index is -0.880. The first-order valence-electron chi connectivity index (χ1n) is 5.12. The van der Waals surface area contributed by atoms with Gasteiger partial charge in [0.2, 0.25) is 11.0 Å². The van der Waals surface area contributed by atoms with Gasteiger partial charge in [-0.1, -0.05) is 23.1 Å². The zero-order valence-electron chi connectivity index (χ0n) is 9.86. The molecular weight excluding hydrogens is 288 g/mol. The number of thioether (sulfide) groups is 1. The van der Waals surface area contributed by atoms with Crippen LogP contribution in [0, 0.1) is 0 Å². The molecule has 0 fully saturated rings. The van der Waals surface area contributed by atoms with Crippen molar-refractivity contribution in [1.29, 1.82) is 0 Å². The lowest BCUT2D eigenvalue weighted by molar-refractivity contribution is -0.133. The molecule has 0 aromatic carbocycles. The van der Waals surface area contributed by atoms with Crippen LogP contribution in [0.2, 0.25) is 0 Å². The molecule has 7 nitrogen and oxygen atoms in total. The standard InChI is InChI=1S/C10H10N4O3S2/c1-17-7-3-2-6(4-11-7)12-9-13-14-10(19-9)18-5-8(15)16/h2-4H,5H2,1H3,(H,12,13)(H,15,16). The summed E-state index contributed by atoms with van der Waals surface area (Å²) in [4.78, 5) is 14.5. The van der Waals surface area contributed by atoms with Crippen LogP contribution in [-0.4, -0.2) is 39.1 Å². The first kappa shape index (κ1) is 13.6. The van der Waals surface area contributed by atoms with Gasteiger partial charge >= 0.3 is 5.97 Å². The lowest BCUT2D eigenvalue weighted by atomic mass is 10.4. The number of carbonyl (C=O) groups is 1. The third-order valence-corrected chi connectivity index (χ3v) is 3.88. The number of carboxylic acid groups (broad SMARTS) is 1. The molecule has 19 heavy (non-hydrogen) atoms. The van der Waals surface area contributed by atoms with Crippen molar-refractivity contribution >= 4 is 39.9 Å². The Kier molecular flexibility index (Phi) is 4.53. The molecule has 0 bridgehead atoms. The summed E-state index contributed by atoms with van der Waals surface area (Å²) in [7, 11) is 1.55. The molecule has 9 heteroatoms. The zero-order valence-corrected chi connectivity index (χ0v) is 11.5. The van der Waals surface area contributed by atoms with E-state index in [0.717, 1.165) is 17.4 Å². The van der Waals surface area contributed by atoms with Gasteiger partial charge in [-0.3, -0.25) is 4.79 Å². The average Bonchev–Trinajstić information content (AvgIpc) is 2.85. The normalized spacial score (nSPS) is 10.2. The number of pyridine rings is 1. The SMILES string of the molecule is COc1ccc(Nc2nnc(SCC(=O)O)s2)cn1. The van der Waals surface area contributed by atoms with Crippen LogP contribution in [-0.2, 0) is 4.79 Å². The van der Waals surface area contributed by atoms with Crippen LogP contribution in [0.1, 0.15) is 0 Å². The maximum absolute atomic E-state index is 10.4. The molecule has 0 atom stereocenters. The third kappa shape index (κ3) is 4.07. The first-order valence-corrected chi connectivity index (χ1v) is 6.93. The van der Waals surface area contributed by atoms with Crippen LogP contribution in [0.5, 0.6) is 5.88 Å². The Morgan fingerprint density at radius 1 is 1.53 bits per heavy atom. The highest BCUT2D eigenvalue weighted by atomic mass is 32.2. The summed E-state index contributed by atoms with van der Waals surface area (Å²) < 4.78 is 5.56. The summed E-state index contributed by atoms with van der Waals surface area (Å²) in [5.74, 6) is -0.381. The van der Waals surface area contributed by atoms with Crippen LogP contribution >= 0.6 is 23.1 Å². The Hall–Kier alpha value is -1.87. The van der Waals surface area contributed by atoms with Crippen LogP contribution < -0.4 is 10.1 Å². The number of nitrogens with one attached hydrogen (secondary N) is 1. The van der Waals surface area contributed by atoms with Gasteiger partial charge in [0.1, 0.15) is 0 Å². The predicted octanol–water partition coefficient (Wildman–Crippen LogP) is 1.86. The minimum absolute atomic E-state index is 0.0290. The van der Waals surface area contributed by atoms with E-state index in [9.17, 15) is 4.79 Å². The van der Waals surface area contributed by atoms with Gasteiger partial charge in [-0.2, -0.15) is 0 Å². The minimum Gasteiger partial charge on any atom is -0.481 e. The molecule has 0 aliphatic rings. The molecule has 2 aromatic heterocycles. The number of aliphatic carboxylic acids is 1. The van der Waals surface area contributed by atoms with Gasteiger partial charge in [0.15, 0.2) is 4.34 Å². The highest BCUT2D eigenvalue weighted by molar-refractivity contribution is 8.01. The van der Waals surface area contributed by atoms with E-state index in [-0.39, 0.29) is 5.75 Å². The van der Waals surface area contributed by atoms with Gasteiger partial charge in [-0.05, 0) is 6.07 Å². The third-order valence-electron chi connectivity index (χ3n) is 1.92. The van der Waals surface area contributed by atoms with Crippen molar-refractivity contribution in [1.82, 2.24) is 15.2 Å². The second-order valence-electron chi connectivity index (χ2n) is 3.27. The van der Waals surface area contributed by atoms with E-state index < -0.39 is 5.97 Å². The molecule has 0 saturated carbocycles. The topological polar surface area (TPSA) is 97.2 Å². The molecule has 0 aliphatic carbocycles. The number of nitrogens with zero attached hydrogens (tertiary/aromatic N) is 3. The van der Waals surface area contributed by atoms with Crippen LogP contribution in [0.4, 0.5) is 10.8 Å². The monoisotopic (exact) mass is 298 g/mol. The summed E-state index contributed by atoms with van der Waals surface area (Å²) in [6, 6.07) is 3.53. The number of hydrogen-bond donors (Lipinski definition) is 2. The Bertz CT molecular complexity index is 558. The molecule has 0 spiro atoms. The molecule has 0 aliphatic heterocycles. The Balaban J connectivity index is 1.96. The quantitative estimate of drug-likeness (QED) is 0.780. The maximum Gasteiger partial charge on any atom is 0.313 e. The number of methoxy groups -OCH3 is 1. The number of aromatic nitrogens is 3. The molecule has 2 aromatic rings. The van der Waals surface area contributed by atoms with E-state index >= 15 is 0 Å². The van der Waals surface area contributed by atoms with Crippen molar-refractivity contribution in [3.05, 3.63) is 18.3 Å². The van der Waals surface area contributed by atoms with Gasteiger partial charge in [0.25, 0.3) is 0 Å². The number of ether oxygens (including phenoxy) is 1. The molecule has 2 N–H and O–H groups in total. The largest absolute Gasteiger partial charge is 0.481 e. The number of hydrogen-bond acceptors (Lipinski definition) is 8. The summed E-state index contributed by atoms with van der Waals surface area (Å²) in [6.07, 6.45) is 1.62. The van der Waals surface area contributed by atoms with Crippen LogP contribution in [0.3, 0.4) is 0 Å². The number of anilines is 2. The van der Waals surface area contributed by atoms with Gasteiger partial charge in [-0.15, -0.1) is 10.2 Å². The molecule has 2 rings (SSSR count). The fourth-order valence-electron chi connectivity index (χ4n) is 1.14. The molecule has 100 valence electrons. The van der Waals surface area contributed by atoms with Gasteiger partial charge in [0.05, 0.1) is 24.7 Å². The summed E-state index contributed by atoms with van der Waals surface area (Å²) in [5, 5.41) is 20.0. The van der Waals surface area contributed by atoms with Crippen molar-refractivity contribution in [2.24, 2.45) is 0 Å². The molecule has 0 unspecified atom stereocenters. The lowest BCUT2D eigenvalue weighted by Gasteiger charge is -2.02. The van der Waals surface area contributed by atoms with Crippen LogP contribution in [0.25, 0.3) is 0 Å². The van der Waals surface area contributed by atoms with E-state index in [1.165, 1.54) is 11.3 Å². The average molecular weight is 298 g/mol. The van der Waals surface area contributed by atoms with E-state index in [2.05, 4.69) is 20.5 Å². The summed E-state index contributed by atoms with van der Waals surface area (Å²) >= 11 is 2.42. The molecule has 2 heterocycles. The van der Waals surface area contributed by atoms with E-state index in [0.29, 0.717) is 15.4 Å². The number of rotatable bonds is 6. The van der Waals surface area contributed by atoms with Crippen molar-refractivity contribution in [2.75, 3.05) is 18.2 Å². The maximum atomic E-state index is 10.4. The zero-order chi connectivity index (χ0) is 13.7. The Morgan fingerprint density at radius 2 is 2.37 bits per heavy atom. The van der Waals surface area contributed by atoms with Crippen molar-refractivity contribution in [3.63, 3.8) is 0 Å². The summed E-state index contributed by atoms with van der Waals surface area (Å²) in [6.45, 7) is 0. The van der Waals surface area contributed by atoms with E-state index in [1.807, 2.05) is 0 Å². The fraction of sp³-hybridized carbons (Fsp3) is 0.200. The Labute approximate surface area is 117 Å².